The molecule has 1 aliphatic carbocycles. The average molecular weight is 664 g/mol. The van der Waals surface area contributed by atoms with Crippen molar-refractivity contribution in [2.45, 2.75) is 80.1 Å². The van der Waals surface area contributed by atoms with E-state index in [2.05, 4.69) is 9.62 Å². The van der Waals surface area contributed by atoms with Crippen LogP contribution >= 0.6 is 22.9 Å². The Morgan fingerprint density at radius 1 is 1.02 bits per heavy atom. The van der Waals surface area contributed by atoms with Crippen LogP contribution in [0.3, 0.4) is 0 Å². The van der Waals surface area contributed by atoms with Crippen molar-refractivity contribution < 1.29 is 22.8 Å². The Hall–Kier alpha value is -2.25. The number of halogens is 1. The minimum atomic E-state index is -3.93. The number of piperidine rings is 1. The molecular weight excluding hydrogens is 622 g/mol. The van der Waals surface area contributed by atoms with E-state index < -0.39 is 16.1 Å². The van der Waals surface area contributed by atoms with Gasteiger partial charge < -0.3 is 14.7 Å². The van der Waals surface area contributed by atoms with Crippen molar-refractivity contribution in [1.82, 2.24) is 24.3 Å². The first-order chi connectivity index (χ1) is 21.1. The lowest BCUT2D eigenvalue weighted by molar-refractivity contribution is -0.143. The van der Waals surface area contributed by atoms with E-state index in [0.717, 1.165) is 86.0 Å². The zero-order chi connectivity index (χ0) is 31.0. The number of amides is 3. The molecular formula is C31H42ClN5O5S2. The lowest BCUT2D eigenvalue weighted by atomic mass is 10.1. The summed E-state index contributed by atoms with van der Waals surface area (Å²) in [6, 6.07) is 6.17. The first-order valence-corrected chi connectivity index (χ1v) is 18.6. The molecule has 3 amide bonds. The van der Waals surface area contributed by atoms with E-state index in [1.165, 1.54) is 4.90 Å². The van der Waals surface area contributed by atoms with E-state index in [9.17, 15) is 22.8 Å². The second-order valence-corrected chi connectivity index (χ2v) is 16.3. The van der Waals surface area contributed by atoms with Gasteiger partial charge in [0, 0.05) is 67.5 Å². The molecule has 6 rings (SSSR count). The summed E-state index contributed by atoms with van der Waals surface area (Å²) in [5.74, 6) is 0.0211. The zero-order valence-electron chi connectivity index (χ0n) is 25.2. The highest BCUT2D eigenvalue weighted by molar-refractivity contribution is 7.91. The topological polar surface area (TPSA) is 110 Å². The molecule has 4 heterocycles. The predicted molar refractivity (Wildman–Crippen MR) is 171 cm³/mol. The van der Waals surface area contributed by atoms with Crippen molar-refractivity contribution in [2.75, 3.05) is 46.3 Å². The fraction of sp³-hybridized carbons (Fsp3) is 0.645. The van der Waals surface area contributed by atoms with Crippen molar-refractivity contribution in [3.63, 3.8) is 0 Å². The number of likely N-dealkylation sites (N-methyl/N-ethyl adjacent to an activating group) is 1. The third kappa shape index (κ3) is 6.79. The van der Waals surface area contributed by atoms with Crippen molar-refractivity contribution in [3.05, 3.63) is 29.3 Å². The molecule has 2 aromatic rings. The molecule has 13 heteroatoms. The summed E-state index contributed by atoms with van der Waals surface area (Å²) in [7, 11) is -1.98. The first kappa shape index (κ1) is 31.7. The molecule has 0 spiro atoms. The molecule has 0 radical (unpaired) electrons. The maximum atomic E-state index is 13.5. The number of sulfonamides is 1. The first-order valence-electron chi connectivity index (χ1n) is 15.9. The number of carbonyl (C=O) groups excluding carboxylic acids is 3. The smallest absolute Gasteiger partial charge is 0.250 e. The Morgan fingerprint density at radius 2 is 1.80 bits per heavy atom. The Bertz CT molecular complexity index is 1510. The highest BCUT2D eigenvalue weighted by Gasteiger charge is 2.38. The lowest BCUT2D eigenvalue weighted by Gasteiger charge is -2.35. The molecule has 0 bridgehead atoms. The molecule has 1 N–H and O–H groups in total. The van der Waals surface area contributed by atoms with Gasteiger partial charge in [-0.1, -0.05) is 24.4 Å². The Morgan fingerprint density at radius 3 is 2.59 bits per heavy atom. The van der Waals surface area contributed by atoms with E-state index in [-0.39, 0.29) is 46.5 Å². The van der Waals surface area contributed by atoms with Crippen LogP contribution in [0.4, 0.5) is 0 Å². The maximum absolute atomic E-state index is 13.5. The molecule has 1 aromatic carbocycles. The third-order valence-electron chi connectivity index (χ3n) is 9.89. The molecule has 10 nitrogen and oxygen atoms in total. The summed E-state index contributed by atoms with van der Waals surface area (Å²) >= 11 is 7.20. The fourth-order valence-corrected chi connectivity index (χ4v) is 10.2. The van der Waals surface area contributed by atoms with E-state index in [1.54, 1.807) is 24.3 Å². The van der Waals surface area contributed by atoms with Gasteiger partial charge in [-0.15, -0.1) is 11.3 Å². The molecule has 44 heavy (non-hydrogen) atoms. The van der Waals surface area contributed by atoms with Gasteiger partial charge in [-0.3, -0.25) is 19.3 Å². The van der Waals surface area contributed by atoms with Crippen LogP contribution in [0.5, 0.6) is 0 Å². The zero-order valence-corrected chi connectivity index (χ0v) is 27.6. The minimum absolute atomic E-state index is 0.0454. The summed E-state index contributed by atoms with van der Waals surface area (Å²) in [5, 5.41) is 1.26. The quantitative estimate of drug-likeness (QED) is 0.440. The number of benzene rings is 1. The van der Waals surface area contributed by atoms with Crippen molar-refractivity contribution in [3.8, 4) is 0 Å². The van der Waals surface area contributed by atoms with Gasteiger partial charge >= 0.3 is 0 Å². The van der Waals surface area contributed by atoms with Crippen LogP contribution in [-0.4, -0.2) is 110 Å². The predicted octanol–water partition coefficient (Wildman–Crippen LogP) is 3.54. The normalized spacial score (nSPS) is 25.4. The van der Waals surface area contributed by atoms with Gasteiger partial charge in [-0.2, -0.15) is 4.72 Å². The van der Waals surface area contributed by atoms with Crippen LogP contribution in [0.2, 0.25) is 5.02 Å². The molecule has 1 saturated carbocycles. The number of nitrogens with zero attached hydrogens (tertiary/aromatic N) is 4. The maximum Gasteiger partial charge on any atom is 0.250 e. The highest BCUT2D eigenvalue weighted by Crippen LogP contribution is 2.32. The number of likely N-dealkylation sites (tertiary alicyclic amines) is 3. The van der Waals surface area contributed by atoms with Gasteiger partial charge in [0.05, 0.1) is 6.54 Å². The number of rotatable bonds is 9. The second kappa shape index (κ2) is 13.2. The van der Waals surface area contributed by atoms with Gasteiger partial charge in [-0.05, 0) is 74.6 Å². The van der Waals surface area contributed by atoms with E-state index in [0.29, 0.717) is 31.0 Å². The number of hydrogen-bond acceptors (Lipinski definition) is 7. The van der Waals surface area contributed by atoms with E-state index >= 15 is 0 Å². The average Bonchev–Trinajstić information content (AvgIpc) is 3.81. The lowest BCUT2D eigenvalue weighted by Crippen LogP contribution is -2.55. The fourth-order valence-electron chi connectivity index (χ4n) is 7.42. The summed E-state index contributed by atoms with van der Waals surface area (Å²) in [6.07, 6.45) is 8.09. The number of hydrogen-bond donors (Lipinski definition) is 1. The number of fused-ring (bicyclic) bond motifs is 1. The van der Waals surface area contributed by atoms with Gasteiger partial charge in [0.25, 0.3) is 10.0 Å². The van der Waals surface area contributed by atoms with Crippen LogP contribution in [0.15, 0.2) is 28.5 Å². The van der Waals surface area contributed by atoms with Crippen molar-refractivity contribution >= 4 is 60.8 Å². The molecule has 1 aromatic heterocycles. The second-order valence-electron chi connectivity index (χ2n) is 12.8. The summed E-state index contributed by atoms with van der Waals surface area (Å²) in [6.45, 7) is 3.55. The summed E-state index contributed by atoms with van der Waals surface area (Å²) in [5.41, 5.74) is 0. The SMILES string of the molecule is CN(C(=O)C1CCCC1)C1CCN(CC2CCCN2C(=O)CN2CCCC(NS(=O)(=O)c3cc4cc(Cl)ccc4s3)C2=O)C1. The van der Waals surface area contributed by atoms with Gasteiger partial charge in [0.15, 0.2) is 0 Å². The van der Waals surface area contributed by atoms with Crippen LogP contribution in [0, 0.1) is 5.92 Å². The highest BCUT2D eigenvalue weighted by atomic mass is 35.5. The summed E-state index contributed by atoms with van der Waals surface area (Å²) < 4.78 is 30.0. The van der Waals surface area contributed by atoms with Gasteiger partial charge in [0.2, 0.25) is 17.7 Å². The molecule has 3 aliphatic heterocycles. The van der Waals surface area contributed by atoms with Crippen molar-refractivity contribution in [1.29, 1.82) is 0 Å². The number of carbonyl (C=O) groups is 3. The van der Waals surface area contributed by atoms with Crippen LogP contribution in [0.25, 0.3) is 10.1 Å². The minimum Gasteiger partial charge on any atom is -0.341 e. The Labute approximate surface area is 268 Å². The molecule has 3 unspecified atom stereocenters. The summed E-state index contributed by atoms with van der Waals surface area (Å²) in [4.78, 5) is 47.6. The number of thiophene rings is 1. The molecule has 3 atom stereocenters. The Balaban J connectivity index is 1.02. The van der Waals surface area contributed by atoms with Crippen molar-refractivity contribution in [2.24, 2.45) is 5.92 Å². The molecule has 3 saturated heterocycles. The standard InChI is InChI=1S/C31H42ClN5O5S2/c1-34(30(39)21-6-2-3-7-21)24-12-15-35(18-24)19-25-8-4-14-37(25)28(38)20-36-13-5-9-26(31(36)40)33-44(41,42)29-17-22-16-23(32)10-11-27(22)43-29/h10-11,16-17,21,24-26,33H,2-9,12-15,18-20H2,1H3. The van der Waals surface area contributed by atoms with Crippen LogP contribution in [0.1, 0.15) is 57.8 Å². The van der Waals surface area contributed by atoms with E-state index in [1.807, 2.05) is 16.8 Å². The van der Waals surface area contributed by atoms with Crippen LogP contribution in [-0.2, 0) is 24.4 Å². The van der Waals surface area contributed by atoms with Crippen LogP contribution < -0.4 is 4.72 Å². The van der Waals surface area contributed by atoms with Gasteiger partial charge in [0.1, 0.15) is 10.3 Å². The Kier molecular flexibility index (Phi) is 9.54. The third-order valence-corrected chi connectivity index (χ3v) is 13.2. The van der Waals surface area contributed by atoms with Gasteiger partial charge in [-0.25, -0.2) is 8.42 Å². The number of nitrogens with one attached hydrogen (secondary N) is 1. The van der Waals surface area contributed by atoms with E-state index in [4.69, 9.17) is 11.6 Å². The molecule has 4 aliphatic rings. The monoisotopic (exact) mass is 663 g/mol. The molecule has 240 valence electrons. The molecule has 4 fully saturated rings. The largest absolute Gasteiger partial charge is 0.341 e.